The Balaban J connectivity index is 1.51. The van der Waals surface area contributed by atoms with Gasteiger partial charge in [-0.3, -0.25) is 19.3 Å². The first-order chi connectivity index (χ1) is 13.6. The molecule has 2 fully saturated rings. The topological polar surface area (TPSA) is 73.0 Å². The highest BCUT2D eigenvalue weighted by atomic mass is 16.2. The van der Waals surface area contributed by atoms with Crippen LogP contribution in [0.2, 0.25) is 0 Å². The molecule has 1 aromatic carbocycles. The monoisotopic (exact) mass is 386 g/mol. The third-order valence-electron chi connectivity index (χ3n) is 5.32. The molecule has 0 atom stereocenters. The van der Waals surface area contributed by atoms with Gasteiger partial charge in [0.1, 0.15) is 0 Å². The molecule has 1 N–H and O–H groups in total. The number of piperazine rings is 1. The lowest BCUT2D eigenvalue weighted by Crippen LogP contribution is -2.51. The smallest absolute Gasteiger partial charge is 0.253 e. The largest absolute Gasteiger partial charge is 0.355 e. The summed E-state index contributed by atoms with van der Waals surface area (Å²) in [7, 11) is 0. The summed E-state index contributed by atoms with van der Waals surface area (Å²) in [6.45, 7) is 7.13. The van der Waals surface area contributed by atoms with Crippen molar-refractivity contribution in [1.29, 1.82) is 0 Å². The summed E-state index contributed by atoms with van der Waals surface area (Å²) >= 11 is 0. The molecule has 0 aliphatic carbocycles. The van der Waals surface area contributed by atoms with Crippen molar-refractivity contribution >= 4 is 17.7 Å². The third kappa shape index (κ3) is 5.32. The van der Waals surface area contributed by atoms with Crippen LogP contribution in [0, 0.1) is 0 Å². The average Bonchev–Trinajstić information content (AvgIpc) is 3.11. The van der Waals surface area contributed by atoms with Crippen LogP contribution in [-0.4, -0.2) is 78.2 Å². The summed E-state index contributed by atoms with van der Waals surface area (Å²) in [4.78, 5) is 42.3. The summed E-state index contributed by atoms with van der Waals surface area (Å²) in [6, 6.07) is 7.59. The van der Waals surface area contributed by atoms with Crippen LogP contribution in [0.5, 0.6) is 0 Å². The van der Waals surface area contributed by atoms with Crippen molar-refractivity contribution in [2.75, 3.05) is 45.8 Å². The first kappa shape index (κ1) is 20.3. The predicted octanol–water partition coefficient (Wildman–Crippen LogP) is 1.09. The van der Waals surface area contributed by atoms with E-state index in [1.165, 1.54) is 0 Å². The Morgan fingerprint density at radius 1 is 1.11 bits per heavy atom. The van der Waals surface area contributed by atoms with E-state index < -0.39 is 0 Å². The molecule has 1 aromatic rings. The van der Waals surface area contributed by atoms with E-state index in [2.05, 4.69) is 10.2 Å². The molecule has 0 radical (unpaired) electrons. The van der Waals surface area contributed by atoms with Gasteiger partial charge in [-0.2, -0.15) is 0 Å². The number of nitrogens with zero attached hydrogens (tertiary/aromatic N) is 3. The Bertz CT molecular complexity index is 713. The van der Waals surface area contributed by atoms with Crippen LogP contribution in [0.25, 0.3) is 0 Å². The van der Waals surface area contributed by atoms with E-state index in [1.54, 1.807) is 0 Å². The van der Waals surface area contributed by atoms with Gasteiger partial charge < -0.3 is 15.1 Å². The quantitative estimate of drug-likeness (QED) is 0.762. The molecule has 28 heavy (non-hydrogen) atoms. The highest BCUT2D eigenvalue weighted by Crippen LogP contribution is 2.16. The third-order valence-corrected chi connectivity index (χ3v) is 5.32. The zero-order chi connectivity index (χ0) is 19.9. The Kier molecular flexibility index (Phi) is 7.03. The fourth-order valence-electron chi connectivity index (χ4n) is 3.71. The molecule has 3 amide bonds. The van der Waals surface area contributed by atoms with Crippen molar-refractivity contribution in [1.82, 2.24) is 20.0 Å². The molecule has 0 bridgehead atoms. The average molecular weight is 386 g/mol. The molecule has 7 heteroatoms. The minimum Gasteiger partial charge on any atom is -0.355 e. The Morgan fingerprint density at radius 2 is 1.89 bits per heavy atom. The lowest BCUT2D eigenvalue weighted by molar-refractivity contribution is -0.128. The number of amides is 3. The van der Waals surface area contributed by atoms with Gasteiger partial charge >= 0.3 is 0 Å². The number of likely N-dealkylation sites (tertiary alicyclic amines) is 1. The van der Waals surface area contributed by atoms with Crippen LogP contribution in [-0.2, 0) is 16.1 Å². The van der Waals surface area contributed by atoms with E-state index >= 15 is 0 Å². The zero-order valence-corrected chi connectivity index (χ0v) is 16.7. The number of benzene rings is 1. The van der Waals surface area contributed by atoms with Crippen LogP contribution >= 0.6 is 0 Å². The van der Waals surface area contributed by atoms with E-state index in [-0.39, 0.29) is 17.7 Å². The van der Waals surface area contributed by atoms with E-state index in [0.717, 1.165) is 24.9 Å². The first-order valence-corrected chi connectivity index (χ1v) is 10.2. The van der Waals surface area contributed by atoms with E-state index in [1.807, 2.05) is 41.0 Å². The molecule has 0 aromatic heterocycles. The van der Waals surface area contributed by atoms with Crippen molar-refractivity contribution in [3.8, 4) is 0 Å². The summed E-state index contributed by atoms with van der Waals surface area (Å²) in [5.74, 6) is 0.256. The molecule has 2 saturated heterocycles. The summed E-state index contributed by atoms with van der Waals surface area (Å²) in [5.41, 5.74) is 1.66. The van der Waals surface area contributed by atoms with E-state index in [9.17, 15) is 14.4 Å². The summed E-state index contributed by atoms with van der Waals surface area (Å²) in [5, 5.41) is 2.89. The van der Waals surface area contributed by atoms with Crippen molar-refractivity contribution in [3.63, 3.8) is 0 Å². The number of hydrogen-bond donors (Lipinski definition) is 1. The molecule has 2 aliphatic heterocycles. The lowest BCUT2D eigenvalue weighted by Gasteiger charge is -2.34. The second kappa shape index (κ2) is 9.68. The van der Waals surface area contributed by atoms with Crippen LogP contribution in [0.4, 0.5) is 0 Å². The molecule has 152 valence electrons. The molecule has 7 nitrogen and oxygen atoms in total. The van der Waals surface area contributed by atoms with Crippen molar-refractivity contribution < 1.29 is 14.4 Å². The molecule has 2 aliphatic rings. The van der Waals surface area contributed by atoms with Crippen LogP contribution in [0.15, 0.2) is 24.3 Å². The number of carbonyl (C=O) groups is 3. The number of nitrogens with one attached hydrogen (secondary N) is 1. The van der Waals surface area contributed by atoms with Gasteiger partial charge in [-0.05, 0) is 30.5 Å². The van der Waals surface area contributed by atoms with Crippen LogP contribution in [0.3, 0.4) is 0 Å². The molecule has 0 saturated carbocycles. The second-order valence-corrected chi connectivity index (χ2v) is 7.54. The minimum atomic E-state index is 0.0182. The van der Waals surface area contributed by atoms with Crippen molar-refractivity contribution in [2.45, 2.75) is 32.7 Å². The Morgan fingerprint density at radius 3 is 2.57 bits per heavy atom. The van der Waals surface area contributed by atoms with Gasteiger partial charge in [0, 0.05) is 57.8 Å². The summed E-state index contributed by atoms with van der Waals surface area (Å²) < 4.78 is 0. The zero-order valence-electron chi connectivity index (χ0n) is 16.7. The maximum Gasteiger partial charge on any atom is 0.253 e. The molecule has 0 spiro atoms. The van der Waals surface area contributed by atoms with Gasteiger partial charge in [-0.15, -0.1) is 0 Å². The lowest BCUT2D eigenvalue weighted by atomic mass is 10.1. The predicted molar refractivity (Wildman–Crippen MR) is 107 cm³/mol. The SMILES string of the molecule is CCCNC(=O)CN1CCN(C(=O)c2cccc(CN3CCCC3=O)c2)CC1. The van der Waals surface area contributed by atoms with Gasteiger partial charge in [0.2, 0.25) is 11.8 Å². The summed E-state index contributed by atoms with van der Waals surface area (Å²) in [6.07, 6.45) is 2.47. The molecular formula is C21H30N4O3. The molecule has 2 heterocycles. The van der Waals surface area contributed by atoms with Gasteiger partial charge in [0.05, 0.1) is 6.54 Å². The van der Waals surface area contributed by atoms with Crippen molar-refractivity contribution in [2.24, 2.45) is 0 Å². The fraction of sp³-hybridized carbons (Fsp3) is 0.571. The maximum atomic E-state index is 12.9. The van der Waals surface area contributed by atoms with Gasteiger partial charge in [0.15, 0.2) is 0 Å². The fourth-order valence-corrected chi connectivity index (χ4v) is 3.71. The van der Waals surface area contributed by atoms with E-state index in [0.29, 0.717) is 57.8 Å². The Labute approximate surface area is 166 Å². The molecule has 3 rings (SSSR count). The Hall–Kier alpha value is -2.41. The number of carbonyl (C=O) groups excluding carboxylic acids is 3. The molecule has 0 unspecified atom stereocenters. The van der Waals surface area contributed by atoms with Gasteiger partial charge in [-0.25, -0.2) is 0 Å². The minimum absolute atomic E-state index is 0.0182. The van der Waals surface area contributed by atoms with Crippen LogP contribution < -0.4 is 5.32 Å². The van der Waals surface area contributed by atoms with Crippen LogP contribution in [0.1, 0.15) is 42.1 Å². The second-order valence-electron chi connectivity index (χ2n) is 7.54. The highest BCUT2D eigenvalue weighted by Gasteiger charge is 2.24. The molecular weight excluding hydrogens is 356 g/mol. The first-order valence-electron chi connectivity index (χ1n) is 10.2. The van der Waals surface area contributed by atoms with Gasteiger partial charge in [0.25, 0.3) is 5.91 Å². The number of rotatable bonds is 7. The van der Waals surface area contributed by atoms with Crippen molar-refractivity contribution in [3.05, 3.63) is 35.4 Å². The maximum absolute atomic E-state index is 12.9. The number of hydrogen-bond acceptors (Lipinski definition) is 4. The van der Waals surface area contributed by atoms with Gasteiger partial charge in [-0.1, -0.05) is 19.1 Å². The van der Waals surface area contributed by atoms with E-state index in [4.69, 9.17) is 0 Å². The normalized spacial score (nSPS) is 17.8. The standard InChI is InChI=1S/C21H30N4O3/c1-2-8-22-19(26)16-23-10-12-24(13-11-23)21(28)18-6-3-5-17(14-18)15-25-9-4-7-20(25)27/h3,5-6,14H,2,4,7-13,15-16H2,1H3,(H,22,26). The highest BCUT2D eigenvalue weighted by molar-refractivity contribution is 5.94.